The van der Waals surface area contributed by atoms with Crippen molar-refractivity contribution in [1.29, 1.82) is 0 Å². The van der Waals surface area contributed by atoms with E-state index in [0.717, 1.165) is 35.6 Å². The van der Waals surface area contributed by atoms with Gasteiger partial charge >= 0.3 is 0 Å². The molecule has 1 aromatic carbocycles. The normalized spacial score (nSPS) is 21.0. The van der Waals surface area contributed by atoms with Crippen molar-refractivity contribution in [2.75, 3.05) is 7.11 Å². The van der Waals surface area contributed by atoms with E-state index < -0.39 is 0 Å². The fourth-order valence-electron chi connectivity index (χ4n) is 3.16. The number of benzene rings is 1. The Morgan fingerprint density at radius 1 is 1.30 bits per heavy atom. The fraction of sp³-hybridized carbons (Fsp3) is 0.556. The zero-order valence-electron chi connectivity index (χ0n) is 13.7. The van der Waals surface area contributed by atoms with Crippen molar-refractivity contribution < 1.29 is 19.1 Å². The van der Waals surface area contributed by atoms with Gasteiger partial charge in [0.15, 0.2) is 11.5 Å². The van der Waals surface area contributed by atoms with Gasteiger partial charge in [-0.3, -0.25) is 4.79 Å². The number of ketones is 1. The third kappa shape index (κ3) is 3.84. The smallest absolute Gasteiger partial charge is 0.162 e. The molecule has 0 amide bonds. The second kappa shape index (κ2) is 7.02. The average molecular weight is 317 g/mol. The monoisotopic (exact) mass is 317 g/mol. The van der Waals surface area contributed by atoms with E-state index in [1.165, 1.54) is 12.8 Å². The number of carbonyl (C=O) groups is 1. The second-order valence-corrected chi connectivity index (χ2v) is 6.27. The number of methoxy groups -OCH3 is 1. The van der Waals surface area contributed by atoms with Crippen LogP contribution in [0.15, 0.2) is 23.4 Å². The molecule has 1 unspecified atom stereocenters. The molecule has 0 bridgehead atoms. The van der Waals surface area contributed by atoms with Gasteiger partial charge in [0.25, 0.3) is 0 Å². The van der Waals surface area contributed by atoms with Gasteiger partial charge in [-0.05, 0) is 50.8 Å². The first-order valence-corrected chi connectivity index (χ1v) is 8.23. The molecule has 3 rings (SSSR count). The number of nitrogens with zero attached hydrogens (tertiary/aromatic N) is 1. The molecule has 1 saturated carbocycles. The number of ether oxygens (including phenoxy) is 2. The number of carbonyl (C=O) groups excluding carboxylic acids is 1. The Balaban J connectivity index is 1.74. The summed E-state index contributed by atoms with van der Waals surface area (Å²) < 4.78 is 11.5. The molecule has 0 saturated heterocycles. The van der Waals surface area contributed by atoms with Gasteiger partial charge in [0, 0.05) is 18.4 Å². The third-order valence-electron chi connectivity index (χ3n) is 4.34. The second-order valence-electron chi connectivity index (χ2n) is 6.27. The first kappa shape index (κ1) is 15.8. The molecule has 1 aliphatic carbocycles. The molecule has 23 heavy (non-hydrogen) atoms. The van der Waals surface area contributed by atoms with Crippen molar-refractivity contribution >= 4 is 11.5 Å². The van der Waals surface area contributed by atoms with E-state index in [1.807, 2.05) is 18.2 Å². The minimum absolute atomic E-state index is 0.117. The van der Waals surface area contributed by atoms with Crippen LogP contribution in [0.2, 0.25) is 0 Å². The summed E-state index contributed by atoms with van der Waals surface area (Å²) >= 11 is 0. The van der Waals surface area contributed by atoms with E-state index in [9.17, 15) is 4.79 Å². The summed E-state index contributed by atoms with van der Waals surface area (Å²) in [7, 11) is 1.65. The highest BCUT2D eigenvalue weighted by Crippen LogP contribution is 2.33. The molecule has 124 valence electrons. The van der Waals surface area contributed by atoms with Crippen LogP contribution in [-0.2, 0) is 9.63 Å². The van der Waals surface area contributed by atoms with Gasteiger partial charge in [0.2, 0.25) is 0 Å². The molecule has 0 N–H and O–H groups in total. The van der Waals surface area contributed by atoms with E-state index in [1.54, 1.807) is 14.0 Å². The van der Waals surface area contributed by atoms with Crippen LogP contribution in [0.3, 0.4) is 0 Å². The van der Waals surface area contributed by atoms with Gasteiger partial charge in [-0.15, -0.1) is 0 Å². The number of Topliss-reactive ketones (excluding diaryl/α,β-unsaturated/α-hetero) is 1. The molecule has 5 nitrogen and oxygen atoms in total. The average Bonchev–Trinajstić information content (AvgIpc) is 3.18. The molecule has 0 aromatic heterocycles. The summed E-state index contributed by atoms with van der Waals surface area (Å²) in [5.41, 5.74) is 1.82. The van der Waals surface area contributed by atoms with E-state index in [4.69, 9.17) is 14.3 Å². The molecule has 1 heterocycles. The lowest BCUT2D eigenvalue weighted by Crippen LogP contribution is -2.13. The lowest BCUT2D eigenvalue weighted by Gasteiger charge is -2.16. The Labute approximate surface area is 136 Å². The molecule has 0 radical (unpaired) electrons. The third-order valence-corrected chi connectivity index (χ3v) is 4.34. The van der Waals surface area contributed by atoms with Gasteiger partial charge in [0.05, 0.1) is 18.9 Å². The largest absolute Gasteiger partial charge is 0.493 e. The highest BCUT2D eigenvalue weighted by Gasteiger charge is 2.25. The van der Waals surface area contributed by atoms with Crippen molar-refractivity contribution in [3.63, 3.8) is 0 Å². The molecule has 1 aliphatic heterocycles. The van der Waals surface area contributed by atoms with E-state index in [0.29, 0.717) is 12.8 Å². The van der Waals surface area contributed by atoms with Crippen molar-refractivity contribution in [2.45, 2.75) is 57.7 Å². The first-order valence-electron chi connectivity index (χ1n) is 8.23. The van der Waals surface area contributed by atoms with Crippen molar-refractivity contribution in [3.05, 3.63) is 23.8 Å². The number of hydrogen-bond acceptors (Lipinski definition) is 5. The predicted molar refractivity (Wildman–Crippen MR) is 87.2 cm³/mol. The van der Waals surface area contributed by atoms with Crippen molar-refractivity contribution in [2.24, 2.45) is 5.16 Å². The predicted octanol–water partition coefficient (Wildman–Crippen LogP) is 3.49. The van der Waals surface area contributed by atoms with E-state index >= 15 is 0 Å². The number of rotatable bonds is 6. The van der Waals surface area contributed by atoms with Gasteiger partial charge in [-0.25, -0.2) is 0 Å². The number of oxime groups is 1. The highest BCUT2D eigenvalue weighted by atomic mass is 16.6. The van der Waals surface area contributed by atoms with Gasteiger partial charge in [-0.2, -0.15) is 0 Å². The fourth-order valence-corrected chi connectivity index (χ4v) is 3.16. The minimum Gasteiger partial charge on any atom is -0.493 e. The molecule has 1 fully saturated rings. The van der Waals surface area contributed by atoms with Crippen LogP contribution in [0.5, 0.6) is 11.5 Å². The summed E-state index contributed by atoms with van der Waals surface area (Å²) in [5, 5.41) is 4.14. The molecular weight excluding hydrogens is 294 g/mol. The Bertz CT molecular complexity index is 605. The SMILES string of the molecule is COc1ccc(C2=NOC(CC(C)=O)C2)cc1OC1CCCC1. The molecule has 2 aliphatic rings. The van der Waals surface area contributed by atoms with Crippen molar-refractivity contribution in [1.82, 2.24) is 0 Å². The maximum atomic E-state index is 11.2. The Morgan fingerprint density at radius 2 is 2.09 bits per heavy atom. The quantitative estimate of drug-likeness (QED) is 0.806. The standard InChI is InChI=1S/C18H23NO4/c1-12(20)9-15-11-16(19-23-15)13-7-8-17(21-2)18(10-13)22-14-5-3-4-6-14/h7-8,10,14-15H,3-6,9,11H2,1-2H3. The van der Waals surface area contributed by atoms with Crippen LogP contribution in [0.1, 0.15) is 51.0 Å². The Hall–Kier alpha value is -2.04. The maximum Gasteiger partial charge on any atom is 0.162 e. The zero-order valence-corrected chi connectivity index (χ0v) is 13.7. The van der Waals surface area contributed by atoms with Crippen LogP contribution in [0, 0.1) is 0 Å². The Morgan fingerprint density at radius 3 is 2.78 bits per heavy atom. The molecular formula is C18H23NO4. The highest BCUT2D eigenvalue weighted by molar-refractivity contribution is 6.02. The molecule has 0 spiro atoms. The van der Waals surface area contributed by atoms with Crippen LogP contribution in [-0.4, -0.2) is 30.8 Å². The topological polar surface area (TPSA) is 57.1 Å². The Kier molecular flexibility index (Phi) is 4.84. The zero-order chi connectivity index (χ0) is 16.2. The van der Waals surface area contributed by atoms with E-state index in [2.05, 4.69) is 5.16 Å². The van der Waals surface area contributed by atoms with E-state index in [-0.39, 0.29) is 18.0 Å². The summed E-state index contributed by atoms with van der Waals surface area (Å²) in [4.78, 5) is 16.6. The van der Waals surface area contributed by atoms with Gasteiger partial charge in [-0.1, -0.05) is 5.16 Å². The minimum atomic E-state index is -0.149. The number of hydrogen-bond donors (Lipinski definition) is 0. The molecule has 1 aromatic rings. The maximum absolute atomic E-state index is 11.2. The summed E-state index contributed by atoms with van der Waals surface area (Å²) in [6, 6.07) is 5.83. The summed E-state index contributed by atoms with van der Waals surface area (Å²) in [5.74, 6) is 1.61. The van der Waals surface area contributed by atoms with Gasteiger partial charge in [0.1, 0.15) is 11.9 Å². The lowest BCUT2D eigenvalue weighted by molar-refractivity contribution is -0.119. The summed E-state index contributed by atoms with van der Waals surface area (Å²) in [6.07, 6.45) is 5.80. The molecule has 5 heteroatoms. The van der Waals surface area contributed by atoms with Crippen LogP contribution in [0.4, 0.5) is 0 Å². The van der Waals surface area contributed by atoms with Crippen LogP contribution >= 0.6 is 0 Å². The van der Waals surface area contributed by atoms with Crippen LogP contribution < -0.4 is 9.47 Å². The van der Waals surface area contributed by atoms with Crippen LogP contribution in [0.25, 0.3) is 0 Å². The first-order chi connectivity index (χ1) is 11.2. The lowest BCUT2D eigenvalue weighted by atomic mass is 10.0. The van der Waals surface area contributed by atoms with Crippen molar-refractivity contribution in [3.8, 4) is 11.5 Å². The molecule has 1 atom stereocenters. The van der Waals surface area contributed by atoms with Gasteiger partial charge < -0.3 is 14.3 Å². The summed E-state index contributed by atoms with van der Waals surface area (Å²) in [6.45, 7) is 1.57.